The van der Waals surface area contributed by atoms with Crippen LogP contribution in [0.4, 0.5) is 0 Å². The van der Waals surface area contributed by atoms with Crippen LogP contribution in [-0.4, -0.2) is 39.5 Å². The van der Waals surface area contributed by atoms with Crippen LogP contribution in [0.2, 0.25) is 6.04 Å². The Labute approximate surface area is 142 Å². The maximum absolute atomic E-state index is 10.8. The summed E-state index contributed by atoms with van der Waals surface area (Å²) < 4.78 is 17.6. The number of carbonyl (C=O) groups is 1. The minimum atomic E-state index is -2.43. The van der Waals surface area contributed by atoms with Crippen molar-refractivity contribution in [3.8, 4) is 0 Å². The van der Waals surface area contributed by atoms with E-state index in [-0.39, 0.29) is 5.12 Å². The van der Waals surface area contributed by atoms with Crippen LogP contribution < -0.4 is 0 Å². The molecule has 0 saturated heterocycles. The van der Waals surface area contributed by atoms with Crippen molar-refractivity contribution in [2.24, 2.45) is 0 Å². The van der Waals surface area contributed by atoms with Gasteiger partial charge in [0.15, 0.2) is 5.12 Å². The van der Waals surface area contributed by atoms with Crippen LogP contribution in [0.25, 0.3) is 0 Å². The highest BCUT2D eigenvalue weighted by atomic mass is 32.2. The predicted molar refractivity (Wildman–Crippen MR) is 96.3 cm³/mol. The van der Waals surface area contributed by atoms with Crippen LogP contribution in [0.5, 0.6) is 0 Å². The lowest BCUT2D eigenvalue weighted by atomic mass is 10.1. The van der Waals surface area contributed by atoms with Gasteiger partial charge < -0.3 is 13.3 Å². The molecule has 4 nitrogen and oxygen atoms in total. The van der Waals surface area contributed by atoms with Crippen LogP contribution >= 0.6 is 11.8 Å². The first kappa shape index (κ1) is 22.1. The Hall–Kier alpha value is 0.117. The van der Waals surface area contributed by atoms with Crippen LogP contribution in [0.3, 0.4) is 0 Å². The molecule has 0 N–H and O–H groups in total. The van der Waals surface area contributed by atoms with Crippen LogP contribution in [-0.2, 0) is 18.1 Å². The first-order valence-electron chi connectivity index (χ1n) is 8.65. The molecule has 0 aliphatic carbocycles. The quantitative estimate of drug-likeness (QED) is 0.317. The van der Waals surface area contributed by atoms with Gasteiger partial charge in [0.05, 0.1) is 0 Å². The summed E-state index contributed by atoms with van der Waals surface area (Å²) in [7, 11) is -2.43. The van der Waals surface area contributed by atoms with E-state index in [0.29, 0.717) is 19.8 Å². The van der Waals surface area contributed by atoms with Crippen molar-refractivity contribution >= 4 is 25.7 Å². The lowest BCUT2D eigenvalue weighted by Crippen LogP contribution is -2.45. The Balaban J connectivity index is 3.77. The molecule has 0 radical (unpaired) electrons. The fourth-order valence-electron chi connectivity index (χ4n) is 2.37. The topological polar surface area (TPSA) is 44.8 Å². The number of thioether (sulfide) groups is 1. The molecule has 0 fully saturated rings. The van der Waals surface area contributed by atoms with E-state index in [9.17, 15) is 4.79 Å². The fraction of sp³-hybridized carbons (Fsp3) is 0.938. The molecule has 0 amide bonds. The van der Waals surface area contributed by atoms with Gasteiger partial charge in [-0.3, -0.25) is 4.79 Å². The maximum atomic E-state index is 10.8. The Morgan fingerprint density at radius 2 is 1.27 bits per heavy atom. The van der Waals surface area contributed by atoms with Gasteiger partial charge in [-0.2, -0.15) is 0 Å². The molecule has 0 spiro atoms. The van der Waals surface area contributed by atoms with Crippen molar-refractivity contribution < 1.29 is 18.1 Å². The average Bonchev–Trinajstić information content (AvgIpc) is 2.46. The van der Waals surface area contributed by atoms with E-state index >= 15 is 0 Å². The normalized spacial score (nSPS) is 11.8. The zero-order valence-electron chi connectivity index (χ0n) is 14.8. The van der Waals surface area contributed by atoms with Crippen LogP contribution in [0, 0.1) is 0 Å². The summed E-state index contributed by atoms with van der Waals surface area (Å²) in [5.74, 6) is 0.963. The minimum absolute atomic E-state index is 0.226. The van der Waals surface area contributed by atoms with E-state index in [0.717, 1.165) is 24.6 Å². The summed E-state index contributed by atoms with van der Waals surface area (Å²) in [6, 6.07) is 0.919. The molecule has 0 unspecified atom stereocenters. The highest BCUT2D eigenvalue weighted by molar-refractivity contribution is 8.13. The van der Waals surface area contributed by atoms with Crippen LogP contribution in [0.1, 0.15) is 66.2 Å². The summed E-state index contributed by atoms with van der Waals surface area (Å²) in [5.41, 5.74) is 0. The van der Waals surface area contributed by atoms with E-state index in [4.69, 9.17) is 13.3 Å². The minimum Gasteiger partial charge on any atom is -0.374 e. The van der Waals surface area contributed by atoms with Gasteiger partial charge in [-0.15, -0.1) is 0 Å². The Morgan fingerprint density at radius 1 is 0.818 bits per heavy atom. The zero-order chi connectivity index (χ0) is 16.7. The molecular formula is C16H34O4SSi. The lowest BCUT2D eigenvalue weighted by Gasteiger charge is -2.28. The van der Waals surface area contributed by atoms with Gasteiger partial charge in [0.2, 0.25) is 0 Å². The molecule has 0 atom stereocenters. The molecule has 0 bridgehead atoms. The van der Waals surface area contributed by atoms with Gasteiger partial charge >= 0.3 is 8.80 Å². The second-order valence-corrected chi connectivity index (χ2v) is 9.20. The van der Waals surface area contributed by atoms with Crippen molar-refractivity contribution in [2.45, 2.75) is 72.3 Å². The molecule has 0 heterocycles. The molecule has 132 valence electrons. The summed E-state index contributed by atoms with van der Waals surface area (Å²) >= 11 is 1.44. The Kier molecular flexibility index (Phi) is 14.8. The Bertz CT molecular complexity index is 260. The van der Waals surface area contributed by atoms with E-state index in [1.54, 1.807) is 6.92 Å². The molecule has 22 heavy (non-hydrogen) atoms. The van der Waals surface area contributed by atoms with Crippen LogP contribution in [0.15, 0.2) is 0 Å². The SMILES string of the molecule is CCO[Si](CCCCCCCCSC(C)=O)(OCC)OCC. The summed E-state index contributed by atoms with van der Waals surface area (Å²) in [5, 5.41) is 0.226. The monoisotopic (exact) mass is 350 g/mol. The van der Waals surface area contributed by atoms with E-state index in [2.05, 4.69) is 0 Å². The standard InChI is InChI=1S/C16H34O4SSi/c1-5-18-22(19-6-2,20-7-3)15-13-11-9-8-10-12-14-21-16(4)17/h5-15H2,1-4H3. The third-order valence-electron chi connectivity index (χ3n) is 3.28. The van der Waals surface area contributed by atoms with Gasteiger partial charge in [0.25, 0.3) is 0 Å². The third-order valence-corrected chi connectivity index (χ3v) is 7.33. The summed E-state index contributed by atoms with van der Waals surface area (Å²) in [4.78, 5) is 10.8. The van der Waals surface area contributed by atoms with E-state index in [1.807, 2.05) is 20.8 Å². The number of hydrogen-bond donors (Lipinski definition) is 0. The molecule has 0 aliphatic heterocycles. The smallest absolute Gasteiger partial charge is 0.374 e. The largest absolute Gasteiger partial charge is 0.500 e. The number of carbonyl (C=O) groups excluding carboxylic acids is 1. The molecule has 0 aromatic carbocycles. The molecule has 0 aliphatic rings. The summed E-state index contributed by atoms with van der Waals surface area (Å²) in [6.07, 6.45) is 7.13. The first-order valence-corrected chi connectivity index (χ1v) is 11.6. The Morgan fingerprint density at radius 3 is 1.73 bits per heavy atom. The summed E-state index contributed by atoms with van der Waals surface area (Å²) in [6.45, 7) is 9.59. The van der Waals surface area contributed by atoms with Gasteiger partial charge in [-0.05, 0) is 33.6 Å². The second-order valence-electron chi connectivity index (χ2n) is 5.19. The highest BCUT2D eigenvalue weighted by Crippen LogP contribution is 2.20. The molecule has 6 heteroatoms. The number of hydrogen-bond acceptors (Lipinski definition) is 5. The van der Waals surface area contributed by atoms with Crippen molar-refractivity contribution in [3.05, 3.63) is 0 Å². The van der Waals surface area contributed by atoms with Crippen molar-refractivity contribution in [1.82, 2.24) is 0 Å². The average molecular weight is 351 g/mol. The molecule has 0 saturated carbocycles. The lowest BCUT2D eigenvalue weighted by molar-refractivity contribution is -0.109. The van der Waals surface area contributed by atoms with E-state index < -0.39 is 8.80 Å². The second kappa shape index (κ2) is 14.7. The molecule has 0 aromatic heterocycles. The van der Waals surface area contributed by atoms with Crippen molar-refractivity contribution in [2.75, 3.05) is 25.6 Å². The number of rotatable bonds is 15. The van der Waals surface area contributed by atoms with Gasteiger partial charge in [0.1, 0.15) is 0 Å². The van der Waals surface area contributed by atoms with Crippen molar-refractivity contribution in [1.29, 1.82) is 0 Å². The fourth-order valence-corrected chi connectivity index (χ4v) is 5.69. The van der Waals surface area contributed by atoms with Gasteiger partial charge in [0, 0.05) is 38.5 Å². The maximum Gasteiger partial charge on any atom is 0.500 e. The van der Waals surface area contributed by atoms with Gasteiger partial charge in [-0.25, -0.2) is 0 Å². The number of unbranched alkanes of at least 4 members (excludes halogenated alkanes) is 5. The first-order chi connectivity index (χ1) is 10.6. The molecular weight excluding hydrogens is 316 g/mol. The van der Waals surface area contributed by atoms with E-state index in [1.165, 1.54) is 37.4 Å². The van der Waals surface area contributed by atoms with Gasteiger partial charge in [-0.1, -0.05) is 37.4 Å². The molecule has 0 aromatic rings. The zero-order valence-corrected chi connectivity index (χ0v) is 16.6. The van der Waals surface area contributed by atoms with Crippen molar-refractivity contribution in [3.63, 3.8) is 0 Å². The highest BCUT2D eigenvalue weighted by Gasteiger charge is 2.39. The molecule has 0 rings (SSSR count). The predicted octanol–water partition coefficient (Wildman–Crippen LogP) is 4.66. The third kappa shape index (κ3) is 11.7.